The van der Waals surface area contributed by atoms with Crippen molar-refractivity contribution in [3.8, 4) is 11.3 Å². The molecule has 0 fully saturated rings. The zero-order valence-corrected chi connectivity index (χ0v) is 14.3. The molecule has 0 radical (unpaired) electrons. The maximum Gasteiger partial charge on any atom is 0.256 e. The number of nitrogens with one attached hydrogen (secondary N) is 1. The van der Waals surface area contributed by atoms with Gasteiger partial charge in [-0.2, -0.15) is 5.10 Å². The minimum absolute atomic E-state index is 0.125. The van der Waals surface area contributed by atoms with Gasteiger partial charge in [0.25, 0.3) is 5.91 Å². The summed E-state index contributed by atoms with van der Waals surface area (Å²) in [6, 6.07) is 10.1. The first kappa shape index (κ1) is 16.2. The van der Waals surface area contributed by atoms with E-state index >= 15 is 0 Å². The minimum Gasteiger partial charge on any atom is -0.352 e. The molecular formula is C19H22N4O. The van der Waals surface area contributed by atoms with Gasteiger partial charge in [-0.3, -0.25) is 4.79 Å². The highest BCUT2D eigenvalue weighted by Gasteiger charge is 2.16. The smallest absolute Gasteiger partial charge is 0.256 e. The second-order valence-corrected chi connectivity index (χ2v) is 6.43. The maximum absolute atomic E-state index is 12.4. The van der Waals surface area contributed by atoms with Gasteiger partial charge in [-0.05, 0) is 31.4 Å². The number of fused-ring (bicyclic) bond motifs is 1. The highest BCUT2D eigenvalue weighted by molar-refractivity contribution is 5.99. The second kappa shape index (κ2) is 6.83. The van der Waals surface area contributed by atoms with E-state index in [1.807, 2.05) is 18.2 Å². The summed E-state index contributed by atoms with van der Waals surface area (Å²) in [5, 5.41) is 7.33. The Bertz CT molecular complexity index is 867. The van der Waals surface area contributed by atoms with Gasteiger partial charge in [0.1, 0.15) is 5.56 Å². The highest BCUT2D eigenvalue weighted by atomic mass is 16.1. The molecule has 1 amide bonds. The lowest BCUT2D eigenvalue weighted by atomic mass is 10.1. The van der Waals surface area contributed by atoms with Crippen LogP contribution in [0.1, 0.15) is 36.2 Å². The summed E-state index contributed by atoms with van der Waals surface area (Å²) in [4.78, 5) is 16.8. The Hall–Kier alpha value is -2.69. The molecule has 124 valence electrons. The van der Waals surface area contributed by atoms with Crippen molar-refractivity contribution >= 4 is 11.6 Å². The number of aromatic nitrogens is 3. The van der Waals surface area contributed by atoms with E-state index in [4.69, 9.17) is 0 Å². The molecule has 0 bridgehead atoms. The molecule has 0 saturated carbocycles. The van der Waals surface area contributed by atoms with Crippen LogP contribution in [-0.4, -0.2) is 27.0 Å². The molecule has 0 spiro atoms. The van der Waals surface area contributed by atoms with Crippen LogP contribution in [-0.2, 0) is 0 Å². The zero-order valence-electron chi connectivity index (χ0n) is 14.3. The number of nitrogens with zero attached hydrogens (tertiary/aromatic N) is 3. The lowest BCUT2D eigenvalue weighted by Gasteiger charge is -2.07. The summed E-state index contributed by atoms with van der Waals surface area (Å²) in [7, 11) is 0. The van der Waals surface area contributed by atoms with Crippen LogP contribution in [0, 0.1) is 12.8 Å². The first-order valence-electron chi connectivity index (χ1n) is 8.24. The van der Waals surface area contributed by atoms with E-state index in [0.717, 1.165) is 17.7 Å². The number of amides is 1. The van der Waals surface area contributed by atoms with Crippen LogP contribution >= 0.6 is 0 Å². The summed E-state index contributed by atoms with van der Waals surface area (Å²) >= 11 is 0. The zero-order chi connectivity index (χ0) is 17.1. The predicted molar refractivity (Wildman–Crippen MR) is 94.9 cm³/mol. The van der Waals surface area contributed by atoms with Crippen LogP contribution in [0.3, 0.4) is 0 Å². The Balaban J connectivity index is 1.93. The number of carbonyl (C=O) groups excluding carboxylic acids is 1. The van der Waals surface area contributed by atoms with Crippen molar-refractivity contribution in [2.75, 3.05) is 6.54 Å². The average molecular weight is 322 g/mol. The first-order chi connectivity index (χ1) is 11.6. The summed E-state index contributed by atoms with van der Waals surface area (Å²) in [6.45, 7) is 6.98. The molecule has 0 aliphatic carbocycles. The van der Waals surface area contributed by atoms with Crippen molar-refractivity contribution in [2.24, 2.45) is 5.92 Å². The topological polar surface area (TPSA) is 59.3 Å². The van der Waals surface area contributed by atoms with E-state index in [0.29, 0.717) is 23.7 Å². The third-order valence-electron chi connectivity index (χ3n) is 3.97. The van der Waals surface area contributed by atoms with E-state index in [9.17, 15) is 4.79 Å². The minimum atomic E-state index is -0.125. The second-order valence-electron chi connectivity index (χ2n) is 6.43. The van der Waals surface area contributed by atoms with Crippen molar-refractivity contribution in [2.45, 2.75) is 27.2 Å². The monoisotopic (exact) mass is 322 g/mol. The molecule has 0 atom stereocenters. The van der Waals surface area contributed by atoms with E-state index < -0.39 is 0 Å². The fourth-order valence-electron chi connectivity index (χ4n) is 2.64. The molecule has 0 saturated heterocycles. The Morgan fingerprint density at radius 2 is 2.12 bits per heavy atom. The number of aryl methyl sites for hydroxylation is 1. The van der Waals surface area contributed by atoms with Gasteiger partial charge in [-0.1, -0.05) is 37.6 Å². The predicted octanol–water partition coefficient (Wildman–Crippen LogP) is 3.48. The SMILES string of the molecule is Cc1cccc(-c2ccnc3c(C(=O)NCCC(C)C)cnn23)c1. The molecule has 1 aromatic carbocycles. The lowest BCUT2D eigenvalue weighted by Crippen LogP contribution is -2.25. The number of hydrogen-bond acceptors (Lipinski definition) is 3. The lowest BCUT2D eigenvalue weighted by molar-refractivity contribution is 0.0953. The molecule has 2 aromatic heterocycles. The van der Waals surface area contributed by atoms with Gasteiger partial charge in [0, 0.05) is 18.3 Å². The fraction of sp³-hybridized carbons (Fsp3) is 0.316. The summed E-state index contributed by atoms with van der Waals surface area (Å²) in [5.41, 5.74) is 4.24. The quantitative estimate of drug-likeness (QED) is 0.782. The molecule has 5 heteroatoms. The molecule has 3 rings (SSSR count). The largest absolute Gasteiger partial charge is 0.352 e. The van der Waals surface area contributed by atoms with Crippen molar-refractivity contribution in [1.82, 2.24) is 19.9 Å². The van der Waals surface area contributed by atoms with Crippen molar-refractivity contribution < 1.29 is 4.79 Å². The van der Waals surface area contributed by atoms with Crippen LogP contribution in [0.4, 0.5) is 0 Å². The number of benzene rings is 1. The van der Waals surface area contributed by atoms with Gasteiger partial charge < -0.3 is 5.32 Å². The molecule has 3 aromatic rings. The van der Waals surface area contributed by atoms with Crippen LogP contribution in [0.25, 0.3) is 16.9 Å². The van der Waals surface area contributed by atoms with Crippen molar-refractivity contribution in [1.29, 1.82) is 0 Å². The standard InChI is InChI=1S/C19H22N4O/c1-13(2)7-9-21-19(24)16-12-22-23-17(8-10-20-18(16)23)15-6-4-5-14(3)11-15/h4-6,8,10-13H,7,9H2,1-3H3,(H,21,24). The van der Waals surface area contributed by atoms with Gasteiger partial charge in [-0.15, -0.1) is 0 Å². The molecule has 2 heterocycles. The van der Waals surface area contributed by atoms with Crippen LogP contribution in [0.5, 0.6) is 0 Å². The third kappa shape index (κ3) is 3.30. The van der Waals surface area contributed by atoms with Crippen molar-refractivity contribution in [3.05, 3.63) is 53.9 Å². The average Bonchev–Trinajstić information content (AvgIpc) is 2.98. The normalized spacial score (nSPS) is 11.2. The third-order valence-corrected chi connectivity index (χ3v) is 3.97. The maximum atomic E-state index is 12.4. The number of rotatable bonds is 5. The van der Waals surface area contributed by atoms with Gasteiger partial charge in [0.15, 0.2) is 5.65 Å². The molecule has 0 aliphatic heterocycles. The Labute approximate surface area is 141 Å². The van der Waals surface area contributed by atoms with Crippen molar-refractivity contribution in [3.63, 3.8) is 0 Å². The van der Waals surface area contributed by atoms with Crippen LogP contribution in [0.2, 0.25) is 0 Å². The summed E-state index contributed by atoms with van der Waals surface area (Å²) in [6.07, 6.45) is 4.26. The number of hydrogen-bond donors (Lipinski definition) is 1. The van der Waals surface area contributed by atoms with E-state index in [-0.39, 0.29) is 5.91 Å². The number of carbonyl (C=O) groups is 1. The van der Waals surface area contributed by atoms with Crippen LogP contribution < -0.4 is 5.32 Å². The Morgan fingerprint density at radius 1 is 1.29 bits per heavy atom. The molecule has 1 N–H and O–H groups in total. The van der Waals surface area contributed by atoms with Gasteiger partial charge in [0.2, 0.25) is 0 Å². The van der Waals surface area contributed by atoms with E-state index in [1.54, 1.807) is 16.9 Å². The summed E-state index contributed by atoms with van der Waals surface area (Å²) in [5.74, 6) is 0.430. The molecule has 0 unspecified atom stereocenters. The van der Waals surface area contributed by atoms with Gasteiger partial charge >= 0.3 is 0 Å². The van der Waals surface area contributed by atoms with Gasteiger partial charge in [-0.25, -0.2) is 9.50 Å². The van der Waals surface area contributed by atoms with Gasteiger partial charge in [0.05, 0.1) is 11.9 Å². The molecule has 24 heavy (non-hydrogen) atoms. The first-order valence-corrected chi connectivity index (χ1v) is 8.24. The Morgan fingerprint density at radius 3 is 2.88 bits per heavy atom. The summed E-state index contributed by atoms with van der Waals surface area (Å²) < 4.78 is 1.73. The Kier molecular flexibility index (Phi) is 4.60. The molecule has 0 aliphatic rings. The molecular weight excluding hydrogens is 300 g/mol. The highest BCUT2D eigenvalue weighted by Crippen LogP contribution is 2.21. The van der Waals surface area contributed by atoms with E-state index in [2.05, 4.69) is 48.3 Å². The molecule has 5 nitrogen and oxygen atoms in total. The fourth-order valence-corrected chi connectivity index (χ4v) is 2.64. The van der Waals surface area contributed by atoms with Crippen LogP contribution in [0.15, 0.2) is 42.7 Å². The van der Waals surface area contributed by atoms with E-state index in [1.165, 1.54) is 5.56 Å².